The molecule has 0 aromatic heterocycles. The van der Waals surface area contributed by atoms with Crippen LogP contribution in [0.3, 0.4) is 0 Å². The molecule has 0 unspecified atom stereocenters. The normalized spacial score (nSPS) is 20.1. The molecule has 59 valence electrons. The van der Waals surface area contributed by atoms with Crippen LogP contribution in [0.4, 0.5) is 0 Å². The highest BCUT2D eigenvalue weighted by Crippen LogP contribution is 2.24. The second-order valence-electron chi connectivity index (χ2n) is 2.95. The SMILES string of the molecule is CCCCC[C]1CCCO1. The van der Waals surface area contributed by atoms with Gasteiger partial charge in [-0.25, -0.2) is 0 Å². The second kappa shape index (κ2) is 4.73. The van der Waals surface area contributed by atoms with E-state index in [2.05, 4.69) is 6.92 Å². The van der Waals surface area contributed by atoms with Gasteiger partial charge in [0.05, 0.1) is 6.10 Å². The minimum atomic E-state index is 0.974. The Balaban J connectivity index is 1.91. The third kappa shape index (κ3) is 2.70. The Morgan fingerprint density at radius 2 is 2.30 bits per heavy atom. The monoisotopic (exact) mass is 141 g/mol. The van der Waals surface area contributed by atoms with Crippen LogP contribution < -0.4 is 0 Å². The zero-order chi connectivity index (χ0) is 7.23. The molecule has 0 amide bonds. The van der Waals surface area contributed by atoms with Crippen LogP contribution in [0, 0.1) is 6.10 Å². The van der Waals surface area contributed by atoms with Gasteiger partial charge in [-0.15, -0.1) is 0 Å². The maximum absolute atomic E-state index is 5.42. The zero-order valence-corrected chi connectivity index (χ0v) is 6.86. The van der Waals surface area contributed by atoms with Gasteiger partial charge >= 0.3 is 0 Å². The van der Waals surface area contributed by atoms with E-state index < -0.39 is 0 Å². The van der Waals surface area contributed by atoms with Crippen molar-refractivity contribution in [3.8, 4) is 0 Å². The molecule has 0 atom stereocenters. The first-order chi connectivity index (χ1) is 4.93. The third-order valence-corrected chi connectivity index (χ3v) is 1.97. The maximum atomic E-state index is 5.42. The summed E-state index contributed by atoms with van der Waals surface area (Å²) in [4.78, 5) is 0. The van der Waals surface area contributed by atoms with Crippen LogP contribution in [0.5, 0.6) is 0 Å². The lowest BCUT2D eigenvalue weighted by Gasteiger charge is -2.05. The van der Waals surface area contributed by atoms with Gasteiger partial charge in [-0.3, -0.25) is 0 Å². The van der Waals surface area contributed by atoms with Crippen molar-refractivity contribution < 1.29 is 4.74 Å². The topological polar surface area (TPSA) is 9.23 Å². The molecule has 1 heterocycles. The Morgan fingerprint density at radius 1 is 1.40 bits per heavy atom. The number of hydrogen-bond donors (Lipinski definition) is 0. The third-order valence-electron chi connectivity index (χ3n) is 1.97. The lowest BCUT2D eigenvalue weighted by Crippen LogP contribution is -1.93. The highest BCUT2D eigenvalue weighted by atomic mass is 16.5. The Morgan fingerprint density at radius 3 is 2.90 bits per heavy atom. The van der Waals surface area contributed by atoms with Gasteiger partial charge in [-0.05, 0) is 19.3 Å². The fourth-order valence-electron chi connectivity index (χ4n) is 1.33. The van der Waals surface area contributed by atoms with E-state index in [1.807, 2.05) is 0 Å². The van der Waals surface area contributed by atoms with Crippen molar-refractivity contribution in [2.45, 2.75) is 45.4 Å². The molecular weight excluding hydrogens is 124 g/mol. The summed E-state index contributed by atoms with van der Waals surface area (Å²) < 4.78 is 5.42. The summed E-state index contributed by atoms with van der Waals surface area (Å²) in [5.41, 5.74) is 0. The van der Waals surface area contributed by atoms with Gasteiger partial charge in [0.2, 0.25) is 0 Å². The molecule has 0 bridgehead atoms. The summed E-state index contributed by atoms with van der Waals surface area (Å²) >= 11 is 0. The van der Waals surface area contributed by atoms with Crippen molar-refractivity contribution in [1.29, 1.82) is 0 Å². The van der Waals surface area contributed by atoms with Crippen LogP contribution in [0.1, 0.15) is 45.4 Å². The average Bonchev–Trinajstić information content (AvgIpc) is 2.41. The zero-order valence-electron chi connectivity index (χ0n) is 6.86. The molecule has 1 saturated heterocycles. The van der Waals surface area contributed by atoms with E-state index in [1.54, 1.807) is 0 Å². The van der Waals surface area contributed by atoms with Crippen molar-refractivity contribution in [2.24, 2.45) is 0 Å². The van der Waals surface area contributed by atoms with Crippen LogP contribution >= 0.6 is 0 Å². The Bertz CT molecular complexity index is 74.8. The molecule has 0 aromatic rings. The summed E-state index contributed by atoms with van der Waals surface area (Å²) in [5.74, 6) is 0. The van der Waals surface area contributed by atoms with Gasteiger partial charge in [0.15, 0.2) is 0 Å². The Kier molecular flexibility index (Phi) is 3.81. The van der Waals surface area contributed by atoms with Crippen LogP contribution in [0.25, 0.3) is 0 Å². The van der Waals surface area contributed by atoms with Crippen molar-refractivity contribution >= 4 is 0 Å². The van der Waals surface area contributed by atoms with E-state index in [0.717, 1.165) is 6.61 Å². The summed E-state index contributed by atoms with van der Waals surface area (Å²) in [5, 5.41) is 0. The fourth-order valence-corrected chi connectivity index (χ4v) is 1.33. The smallest absolute Gasteiger partial charge is 0.0971 e. The van der Waals surface area contributed by atoms with E-state index >= 15 is 0 Å². The van der Waals surface area contributed by atoms with Gasteiger partial charge in [-0.1, -0.05) is 26.2 Å². The number of rotatable bonds is 4. The van der Waals surface area contributed by atoms with Crippen molar-refractivity contribution in [1.82, 2.24) is 0 Å². The van der Waals surface area contributed by atoms with Crippen molar-refractivity contribution in [2.75, 3.05) is 6.61 Å². The molecule has 0 spiro atoms. The lowest BCUT2D eigenvalue weighted by molar-refractivity contribution is 0.186. The molecule has 0 saturated carbocycles. The Hall–Kier alpha value is -0.0400. The first-order valence-corrected chi connectivity index (χ1v) is 4.41. The fraction of sp³-hybridized carbons (Fsp3) is 0.889. The lowest BCUT2D eigenvalue weighted by atomic mass is 10.1. The molecule has 0 N–H and O–H groups in total. The molecule has 1 rings (SSSR count). The van der Waals surface area contributed by atoms with Crippen LogP contribution in [0.2, 0.25) is 0 Å². The van der Waals surface area contributed by atoms with Gasteiger partial charge in [0.25, 0.3) is 0 Å². The largest absolute Gasteiger partial charge is 0.372 e. The molecule has 1 aliphatic heterocycles. The molecule has 1 fully saturated rings. The quantitative estimate of drug-likeness (QED) is 0.547. The molecule has 0 aliphatic carbocycles. The van der Waals surface area contributed by atoms with E-state index in [4.69, 9.17) is 4.74 Å². The highest BCUT2D eigenvalue weighted by Gasteiger charge is 2.15. The summed E-state index contributed by atoms with van der Waals surface area (Å²) in [6.07, 6.45) is 9.04. The minimum Gasteiger partial charge on any atom is -0.372 e. The molecule has 1 nitrogen and oxygen atoms in total. The van der Waals surface area contributed by atoms with E-state index in [1.165, 1.54) is 44.6 Å². The van der Waals surface area contributed by atoms with Gasteiger partial charge in [0.1, 0.15) is 0 Å². The first kappa shape index (κ1) is 8.06. The molecule has 1 heteroatoms. The van der Waals surface area contributed by atoms with Crippen LogP contribution in [-0.2, 0) is 4.74 Å². The van der Waals surface area contributed by atoms with Gasteiger partial charge in [-0.2, -0.15) is 0 Å². The average molecular weight is 141 g/mol. The number of unbranched alkanes of at least 4 members (excludes halogenated alkanes) is 2. The number of ether oxygens (including phenoxy) is 1. The summed E-state index contributed by atoms with van der Waals surface area (Å²) in [6.45, 7) is 3.21. The molecule has 1 aliphatic rings. The predicted octanol–water partition coefficient (Wildman–Crippen LogP) is 2.91. The summed E-state index contributed by atoms with van der Waals surface area (Å²) in [6, 6.07) is 0. The number of hydrogen-bond acceptors (Lipinski definition) is 1. The van der Waals surface area contributed by atoms with Crippen molar-refractivity contribution in [3.63, 3.8) is 0 Å². The highest BCUT2D eigenvalue weighted by molar-refractivity contribution is 4.82. The first-order valence-electron chi connectivity index (χ1n) is 4.41. The van der Waals surface area contributed by atoms with E-state index in [9.17, 15) is 0 Å². The van der Waals surface area contributed by atoms with Gasteiger partial charge in [0, 0.05) is 6.61 Å². The van der Waals surface area contributed by atoms with Crippen LogP contribution in [-0.4, -0.2) is 6.61 Å². The second-order valence-corrected chi connectivity index (χ2v) is 2.95. The molecule has 10 heavy (non-hydrogen) atoms. The summed E-state index contributed by atoms with van der Waals surface area (Å²) in [7, 11) is 0. The van der Waals surface area contributed by atoms with E-state index in [0.29, 0.717) is 0 Å². The molecule has 1 radical (unpaired) electrons. The predicted molar refractivity (Wildman–Crippen MR) is 42.6 cm³/mol. The Labute approximate surface area is 63.8 Å². The van der Waals surface area contributed by atoms with E-state index in [-0.39, 0.29) is 0 Å². The van der Waals surface area contributed by atoms with Gasteiger partial charge < -0.3 is 4.74 Å². The molecular formula is C9H17O. The standard InChI is InChI=1S/C9H17O/c1-2-3-4-6-9-7-5-8-10-9/h2-8H2,1H3. The van der Waals surface area contributed by atoms with Crippen LogP contribution in [0.15, 0.2) is 0 Å². The minimum absolute atomic E-state index is 0.974. The maximum Gasteiger partial charge on any atom is 0.0971 e. The van der Waals surface area contributed by atoms with Crippen molar-refractivity contribution in [3.05, 3.63) is 6.10 Å². The molecule has 0 aromatic carbocycles.